The van der Waals surface area contributed by atoms with E-state index in [1.807, 2.05) is 0 Å². The summed E-state index contributed by atoms with van der Waals surface area (Å²) in [5.74, 6) is -4.07. The van der Waals surface area contributed by atoms with Crippen LogP contribution in [0.4, 0.5) is 13.2 Å². The monoisotopic (exact) mass is 365 g/mol. The van der Waals surface area contributed by atoms with Gasteiger partial charge in [-0.2, -0.15) is 9.49 Å². The Morgan fingerprint density at radius 1 is 1.27 bits per heavy atom. The first-order valence-electron chi connectivity index (χ1n) is 7.56. The fourth-order valence-corrected chi connectivity index (χ4v) is 2.87. The summed E-state index contributed by atoms with van der Waals surface area (Å²) in [5.41, 5.74) is -2.87. The highest BCUT2D eigenvalue weighted by molar-refractivity contribution is 5.29. The van der Waals surface area contributed by atoms with Gasteiger partial charge in [-0.25, -0.2) is 23.2 Å². The van der Waals surface area contributed by atoms with Crippen LogP contribution in [0, 0.1) is 22.7 Å². The molecule has 2 aromatic heterocycles. The zero-order valence-electron chi connectivity index (χ0n) is 13.6. The molecule has 0 aliphatic carbocycles. The van der Waals surface area contributed by atoms with Crippen LogP contribution in [-0.4, -0.2) is 24.9 Å². The Balaban J connectivity index is 2.17. The van der Waals surface area contributed by atoms with Gasteiger partial charge >= 0.3 is 0 Å². The van der Waals surface area contributed by atoms with Gasteiger partial charge in [0.1, 0.15) is 29.9 Å². The second kappa shape index (κ2) is 6.71. The first-order valence-corrected chi connectivity index (χ1v) is 7.56. The van der Waals surface area contributed by atoms with E-state index in [-0.39, 0.29) is 16.8 Å². The summed E-state index contributed by atoms with van der Waals surface area (Å²) in [6.45, 7) is 1.00. The van der Waals surface area contributed by atoms with Crippen molar-refractivity contribution in [3.05, 3.63) is 77.3 Å². The van der Waals surface area contributed by atoms with E-state index in [1.54, 1.807) is 0 Å². The van der Waals surface area contributed by atoms with Crippen molar-refractivity contribution in [2.45, 2.75) is 25.0 Å². The lowest BCUT2D eigenvalue weighted by atomic mass is 9.79. The molecule has 7 nitrogen and oxygen atoms in total. The lowest BCUT2D eigenvalue weighted by molar-refractivity contribution is -0.622. The molecule has 3 rings (SSSR count). The summed E-state index contributed by atoms with van der Waals surface area (Å²) in [6, 6.07) is 2.61. The number of halogens is 3. The van der Waals surface area contributed by atoms with Gasteiger partial charge in [-0.3, -0.25) is 0 Å². The van der Waals surface area contributed by atoms with Crippen LogP contribution in [0.5, 0.6) is 0 Å². The van der Waals surface area contributed by atoms with Crippen LogP contribution in [-0.2, 0) is 12.1 Å². The maximum Gasteiger partial charge on any atom is 0.289 e. The molecule has 0 aliphatic rings. The Morgan fingerprint density at radius 3 is 2.65 bits per heavy atom. The predicted molar refractivity (Wildman–Crippen MR) is 81.8 cm³/mol. The van der Waals surface area contributed by atoms with E-state index in [0.29, 0.717) is 6.07 Å². The minimum atomic E-state index is -2.13. The standard InChI is InChI=1S/C16H14F3N5O2/c1-10(15-14(19)5-20-9-24(15)26)16(25,6-23-8-21-7-22-23)12-3-2-11(17)4-13(12)18/h2-5,7-10,25H,6H2,1H3/t10-,16+/m0/s1. The average Bonchev–Trinajstić information content (AvgIpc) is 3.07. The number of aromatic nitrogens is 5. The lowest BCUT2D eigenvalue weighted by Crippen LogP contribution is -2.45. The van der Waals surface area contributed by atoms with Crippen LogP contribution in [0.3, 0.4) is 0 Å². The van der Waals surface area contributed by atoms with Crippen LogP contribution in [0.2, 0.25) is 0 Å². The van der Waals surface area contributed by atoms with Crippen LogP contribution in [0.15, 0.2) is 43.4 Å². The van der Waals surface area contributed by atoms with E-state index in [1.165, 1.54) is 24.3 Å². The van der Waals surface area contributed by atoms with Crippen LogP contribution >= 0.6 is 0 Å². The zero-order valence-corrected chi connectivity index (χ0v) is 13.6. The summed E-state index contributed by atoms with van der Waals surface area (Å²) < 4.78 is 43.3. The number of aliphatic hydroxyl groups is 1. The molecule has 1 N–H and O–H groups in total. The summed E-state index contributed by atoms with van der Waals surface area (Å²) >= 11 is 0. The molecular formula is C16H14F3N5O2. The topological polar surface area (TPSA) is 90.8 Å². The van der Waals surface area contributed by atoms with E-state index in [9.17, 15) is 23.5 Å². The molecule has 2 atom stereocenters. The maximum atomic E-state index is 14.4. The predicted octanol–water partition coefficient (Wildman–Crippen LogP) is 1.42. The smallest absolute Gasteiger partial charge is 0.289 e. The molecule has 1 aromatic carbocycles. The second-order valence-corrected chi connectivity index (χ2v) is 5.82. The van der Waals surface area contributed by atoms with E-state index in [0.717, 1.165) is 24.7 Å². The SMILES string of the molecule is C[C@@H](c1c(F)cnc[n+]1[O-])[C@](O)(Cn1cncn1)c1ccc(F)cc1F. The second-order valence-electron chi connectivity index (χ2n) is 5.82. The van der Waals surface area contributed by atoms with Crippen LogP contribution in [0.25, 0.3) is 0 Å². The Labute approximate surface area is 146 Å². The first kappa shape index (κ1) is 17.8. The molecule has 0 bridgehead atoms. The van der Waals surface area contributed by atoms with Gasteiger partial charge in [-0.05, 0) is 6.07 Å². The molecule has 2 heterocycles. The van der Waals surface area contributed by atoms with Crippen LogP contribution in [0.1, 0.15) is 24.1 Å². The van der Waals surface area contributed by atoms with Crippen molar-refractivity contribution in [2.75, 3.05) is 0 Å². The van der Waals surface area contributed by atoms with Gasteiger partial charge < -0.3 is 10.3 Å². The van der Waals surface area contributed by atoms with Crippen molar-refractivity contribution in [1.82, 2.24) is 19.7 Å². The molecule has 0 amide bonds. The highest BCUT2D eigenvalue weighted by atomic mass is 19.1. The number of hydrogen-bond acceptors (Lipinski definition) is 5. The van der Waals surface area contributed by atoms with E-state index in [4.69, 9.17) is 0 Å². The zero-order chi connectivity index (χ0) is 18.9. The average molecular weight is 365 g/mol. The molecular weight excluding hydrogens is 351 g/mol. The Kier molecular flexibility index (Phi) is 4.60. The van der Waals surface area contributed by atoms with Crippen LogP contribution < -0.4 is 4.73 Å². The molecule has 26 heavy (non-hydrogen) atoms. The summed E-state index contributed by atoms with van der Waals surface area (Å²) in [5, 5.41) is 27.2. The summed E-state index contributed by atoms with van der Waals surface area (Å²) in [7, 11) is 0. The number of hydrogen-bond donors (Lipinski definition) is 1. The first-order chi connectivity index (χ1) is 12.3. The fourth-order valence-electron chi connectivity index (χ4n) is 2.87. The lowest BCUT2D eigenvalue weighted by Gasteiger charge is -2.34. The van der Waals surface area contributed by atoms with Gasteiger partial charge in [0.25, 0.3) is 6.33 Å². The molecule has 0 spiro atoms. The molecule has 0 fully saturated rings. The van der Waals surface area contributed by atoms with Gasteiger partial charge in [-0.15, -0.1) is 0 Å². The molecule has 0 aliphatic heterocycles. The van der Waals surface area contributed by atoms with Crippen molar-refractivity contribution in [2.24, 2.45) is 0 Å². The van der Waals surface area contributed by atoms with E-state index >= 15 is 0 Å². The minimum Gasteiger partial charge on any atom is -0.711 e. The van der Waals surface area contributed by atoms with Crippen molar-refractivity contribution in [3.8, 4) is 0 Å². The highest BCUT2D eigenvalue weighted by Crippen LogP contribution is 2.39. The van der Waals surface area contributed by atoms with E-state index in [2.05, 4.69) is 15.1 Å². The Morgan fingerprint density at radius 2 is 2.04 bits per heavy atom. The molecule has 0 saturated carbocycles. The fraction of sp³-hybridized carbons (Fsp3) is 0.250. The van der Waals surface area contributed by atoms with Gasteiger partial charge in [0, 0.05) is 11.6 Å². The van der Waals surface area contributed by atoms with Gasteiger partial charge in [-0.1, -0.05) is 18.0 Å². The third-order valence-corrected chi connectivity index (χ3v) is 4.24. The van der Waals surface area contributed by atoms with E-state index < -0.39 is 34.7 Å². The number of rotatable bonds is 5. The largest absolute Gasteiger partial charge is 0.711 e. The van der Waals surface area contributed by atoms with Crippen molar-refractivity contribution >= 4 is 0 Å². The van der Waals surface area contributed by atoms with Crippen molar-refractivity contribution in [1.29, 1.82) is 0 Å². The molecule has 136 valence electrons. The summed E-state index contributed by atoms with van der Waals surface area (Å²) in [6.07, 6.45) is 4.11. The third kappa shape index (κ3) is 3.10. The highest BCUT2D eigenvalue weighted by Gasteiger charge is 2.43. The van der Waals surface area contributed by atoms with Gasteiger partial charge in [0.05, 0.1) is 12.5 Å². The molecule has 0 unspecified atom stereocenters. The Hall–Kier alpha value is -3.01. The number of nitrogens with zero attached hydrogens (tertiary/aromatic N) is 5. The third-order valence-electron chi connectivity index (χ3n) is 4.24. The van der Waals surface area contributed by atoms with Crippen molar-refractivity contribution < 1.29 is 23.0 Å². The quantitative estimate of drug-likeness (QED) is 0.545. The summed E-state index contributed by atoms with van der Waals surface area (Å²) in [4.78, 5) is 7.17. The molecule has 0 radical (unpaired) electrons. The molecule has 0 saturated heterocycles. The molecule has 3 aromatic rings. The van der Waals surface area contributed by atoms with Gasteiger partial charge in [0.2, 0.25) is 5.82 Å². The minimum absolute atomic E-state index is 0.160. The van der Waals surface area contributed by atoms with Crippen molar-refractivity contribution in [3.63, 3.8) is 0 Å². The normalized spacial score (nSPS) is 14.8. The molecule has 10 heteroatoms. The maximum absolute atomic E-state index is 14.4. The van der Waals surface area contributed by atoms with Gasteiger partial charge in [0.15, 0.2) is 11.9 Å². The Bertz CT molecular complexity index is 902. The number of benzene rings is 1.